The maximum Gasteiger partial charge on any atom is 0.307 e. The van der Waals surface area contributed by atoms with Crippen molar-refractivity contribution in [3.8, 4) is 0 Å². The molecule has 0 aromatic rings. The first-order valence-corrected chi connectivity index (χ1v) is 12.6. The van der Waals surface area contributed by atoms with Crippen molar-refractivity contribution in [1.29, 1.82) is 0 Å². The zero-order valence-corrected chi connectivity index (χ0v) is 20.7. The lowest BCUT2D eigenvalue weighted by molar-refractivity contribution is -0.157. The van der Waals surface area contributed by atoms with E-state index in [4.69, 9.17) is 4.74 Å². The number of allylic oxidation sites excluding steroid dienone is 2. The van der Waals surface area contributed by atoms with Gasteiger partial charge in [-0.2, -0.15) is 0 Å². The Hall–Kier alpha value is -1.21. The lowest BCUT2D eigenvalue weighted by Crippen LogP contribution is -2.36. The fourth-order valence-corrected chi connectivity index (χ4v) is 4.46. The molecule has 0 spiro atoms. The first-order valence-electron chi connectivity index (χ1n) is 12.6. The molecule has 6 atom stereocenters. The Kier molecular flexibility index (Phi) is 14.8. The van der Waals surface area contributed by atoms with E-state index in [1.807, 2.05) is 25.2 Å². The number of carbonyl (C=O) groups excluding carboxylic acids is 1. The van der Waals surface area contributed by atoms with Crippen LogP contribution in [-0.4, -0.2) is 63.8 Å². The van der Waals surface area contributed by atoms with Gasteiger partial charge in [-0.15, -0.1) is 0 Å². The fourth-order valence-electron chi connectivity index (χ4n) is 4.46. The van der Waals surface area contributed by atoms with Crippen LogP contribution in [0, 0.1) is 11.8 Å². The van der Waals surface area contributed by atoms with Gasteiger partial charge in [0.15, 0.2) is 6.23 Å². The molecule has 0 aromatic carbocycles. The molecule has 0 heterocycles. The van der Waals surface area contributed by atoms with Crippen molar-refractivity contribution in [2.24, 2.45) is 11.8 Å². The smallest absolute Gasteiger partial charge is 0.307 e. The molecule has 0 bridgehead atoms. The lowest BCUT2D eigenvalue weighted by atomic mass is 9.89. The Bertz CT molecular complexity index is 560. The summed E-state index contributed by atoms with van der Waals surface area (Å²) in [4.78, 5) is 14.1. The Morgan fingerprint density at radius 1 is 1.09 bits per heavy atom. The molecule has 3 N–H and O–H groups in total. The molecule has 0 radical (unpaired) electrons. The maximum absolute atomic E-state index is 12.0. The van der Waals surface area contributed by atoms with Crippen molar-refractivity contribution < 1.29 is 24.9 Å². The second kappa shape index (κ2) is 16.4. The molecule has 0 saturated heterocycles. The van der Waals surface area contributed by atoms with Crippen LogP contribution in [0.15, 0.2) is 24.3 Å². The van der Waals surface area contributed by atoms with E-state index in [0.29, 0.717) is 19.3 Å². The van der Waals surface area contributed by atoms with E-state index in [-0.39, 0.29) is 24.0 Å². The lowest BCUT2D eigenvalue weighted by Gasteiger charge is -2.25. The van der Waals surface area contributed by atoms with Gasteiger partial charge >= 0.3 is 5.97 Å². The van der Waals surface area contributed by atoms with Crippen LogP contribution in [0.25, 0.3) is 0 Å². The van der Waals surface area contributed by atoms with E-state index >= 15 is 0 Å². The average molecular weight is 454 g/mol. The summed E-state index contributed by atoms with van der Waals surface area (Å²) in [6.45, 7) is 9.84. The second-order valence-electron chi connectivity index (χ2n) is 8.97. The standard InChI is InChI=1S/C26H47NO5/c1-5-8-11-14-21(28)17-18-23-22(24(29)19-25(23)30)15-12-9-10-13-16-26(31)32-20(4)27(6-2)7-3/h9,12,17-18,20-25,28-30H,5-8,10-11,13-16,19H2,1-4H3/b12-9+,18-17+/t20?,21?,22-,23-,24?,25?/m1/s1. The van der Waals surface area contributed by atoms with Crippen LogP contribution in [-0.2, 0) is 9.53 Å². The summed E-state index contributed by atoms with van der Waals surface area (Å²) in [5.74, 6) is -0.373. The van der Waals surface area contributed by atoms with Gasteiger partial charge < -0.3 is 20.1 Å². The van der Waals surface area contributed by atoms with Crippen LogP contribution >= 0.6 is 0 Å². The highest BCUT2D eigenvalue weighted by atomic mass is 16.6. The third kappa shape index (κ3) is 10.6. The van der Waals surface area contributed by atoms with Gasteiger partial charge in [-0.25, -0.2) is 0 Å². The highest BCUT2D eigenvalue weighted by Crippen LogP contribution is 2.36. The largest absolute Gasteiger partial charge is 0.447 e. The normalized spacial score (nSPS) is 25.8. The first kappa shape index (κ1) is 28.8. The summed E-state index contributed by atoms with van der Waals surface area (Å²) < 4.78 is 5.47. The summed E-state index contributed by atoms with van der Waals surface area (Å²) in [7, 11) is 0. The van der Waals surface area contributed by atoms with Crippen LogP contribution in [0.2, 0.25) is 0 Å². The van der Waals surface area contributed by atoms with Gasteiger partial charge in [0.05, 0.1) is 18.3 Å². The molecular formula is C26H47NO5. The summed E-state index contributed by atoms with van der Waals surface area (Å²) in [6.07, 6.45) is 12.8. The van der Waals surface area contributed by atoms with E-state index in [2.05, 4.69) is 25.7 Å². The summed E-state index contributed by atoms with van der Waals surface area (Å²) in [6, 6.07) is 0. The van der Waals surface area contributed by atoms with Crippen LogP contribution < -0.4 is 0 Å². The van der Waals surface area contributed by atoms with Crippen LogP contribution in [0.3, 0.4) is 0 Å². The number of ether oxygens (including phenoxy) is 1. The molecule has 4 unspecified atom stereocenters. The van der Waals surface area contributed by atoms with Gasteiger partial charge in [0.2, 0.25) is 0 Å². The van der Waals surface area contributed by atoms with Crippen LogP contribution in [0.4, 0.5) is 0 Å². The van der Waals surface area contributed by atoms with Crippen LogP contribution in [0.5, 0.6) is 0 Å². The van der Waals surface area contributed by atoms with E-state index < -0.39 is 18.3 Å². The topological polar surface area (TPSA) is 90.2 Å². The average Bonchev–Trinajstić information content (AvgIpc) is 3.02. The highest BCUT2D eigenvalue weighted by molar-refractivity contribution is 5.69. The second-order valence-corrected chi connectivity index (χ2v) is 8.97. The Morgan fingerprint density at radius 2 is 1.81 bits per heavy atom. The minimum absolute atomic E-state index is 0.0553. The molecule has 1 rings (SSSR count). The quantitative estimate of drug-likeness (QED) is 0.141. The van der Waals surface area contributed by atoms with Crippen molar-refractivity contribution in [3.05, 3.63) is 24.3 Å². The van der Waals surface area contributed by atoms with Crippen LogP contribution in [0.1, 0.15) is 85.5 Å². The van der Waals surface area contributed by atoms with E-state index in [1.54, 1.807) is 6.08 Å². The Balaban J connectivity index is 2.39. The number of nitrogens with zero attached hydrogens (tertiary/aromatic N) is 1. The number of esters is 1. The van der Waals surface area contributed by atoms with E-state index in [0.717, 1.165) is 51.6 Å². The predicted molar refractivity (Wildman–Crippen MR) is 129 cm³/mol. The van der Waals surface area contributed by atoms with Gasteiger partial charge in [0.1, 0.15) is 0 Å². The molecule has 32 heavy (non-hydrogen) atoms. The molecule has 1 aliphatic carbocycles. The predicted octanol–water partition coefficient (Wildman–Crippen LogP) is 4.19. The molecule has 0 aliphatic heterocycles. The monoisotopic (exact) mass is 453 g/mol. The number of hydrogen-bond acceptors (Lipinski definition) is 6. The number of rotatable bonds is 16. The summed E-state index contributed by atoms with van der Waals surface area (Å²) in [5, 5.41) is 30.8. The molecule has 0 amide bonds. The number of hydrogen-bond donors (Lipinski definition) is 3. The third-order valence-corrected chi connectivity index (χ3v) is 6.53. The van der Waals surface area contributed by atoms with Gasteiger partial charge in [0, 0.05) is 18.8 Å². The number of aliphatic hydroxyl groups is 3. The zero-order chi connectivity index (χ0) is 23.9. The minimum Gasteiger partial charge on any atom is -0.447 e. The molecule has 6 nitrogen and oxygen atoms in total. The first-order chi connectivity index (χ1) is 15.3. The third-order valence-electron chi connectivity index (χ3n) is 6.53. The van der Waals surface area contributed by atoms with Crippen molar-refractivity contribution >= 4 is 5.97 Å². The number of aliphatic hydroxyl groups excluding tert-OH is 3. The summed E-state index contributed by atoms with van der Waals surface area (Å²) in [5.41, 5.74) is 0. The zero-order valence-electron chi connectivity index (χ0n) is 20.7. The Labute approximate surface area is 195 Å². The minimum atomic E-state index is -0.579. The van der Waals surface area contributed by atoms with Crippen molar-refractivity contribution in [2.45, 2.75) is 110 Å². The van der Waals surface area contributed by atoms with E-state index in [1.165, 1.54) is 0 Å². The molecular weight excluding hydrogens is 406 g/mol. The number of unbranched alkanes of at least 4 members (excludes halogenated alkanes) is 3. The Morgan fingerprint density at radius 3 is 2.47 bits per heavy atom. The van der Waals surface area contributed by atoms with Gasteiger partial charge in [-0.1, -0.05) is 64.3 Å². The maximum atomic E-state index is 12.0. The van der Waals surface area contributed by atoms with Gasteiger partial charge in [-0.3, -0.25) is 9.69 Å². The molecule has 1 saturated carbocycles. The molecule has 1 fully saturated rings. The SMILES string of the molecule is CCCCCC(O)/C=C/[C@H]1C(O)CC(O)[C@@H]1C/C=C/CCCC(=O)OC(C)N(CC)CC. The number of carbonyl (C=O) groups is 1. The molecule has 186 valence electrons. The van der Waals surface area contributed by atoms with Crippen molar-refractivity contribution in [3.63, 3.8) is 0 Å². The van der Waals surface area contributed by atoms with Gasteiger partial charge in [-0.05, 0) is 51.6 Å². The van der Waals surface area contributed by atoms with Crippen molar-refractivity contribution in [2.75, 3.05) is 13.1 Å². The summed E-state index contributed by atoms with van der Waals surface area (Å²) >= 11 is 0. The molecule has 1 aliphatic rings. The fraction of sp³-hybridized carbons (Fsp3) is 0.808. The van der Waals surface area contributed by atoms with Gasteiger partial charge in [0.25, 0.3) is 0 Å². The molecule has 6 heteroatoms. The highest BCUT2D eigenvalue weighted by Gasteiger charge is 2.39. The molecule has 0 aromatic heterocycles. The van der Waals surface area contributed by atoms with E-state index in [9.17, 15) is 20.1 Å². The van der Waals surface area contributed by atoms with Crippen molar-refractivity contribution in [1.82, 2.24) is 4.90 Å².